The van der Waals surface area contributed by atoms with E-state index in [1.165, 1.54) is 5.56 Å². The predicted octanol–water partition coefficient (Wildman–Crippen LogP) is 4.75. The van der Waals surface area contributed by atoms with E-state index in [0.717, 1.165) is 27.9 Å². The molecule has 1 heterocycles. The quantitative estimate of drug-likeness (QED) is 0.738. The van der Waals surface area contributed by atoms with Gasteiger partial charge in [-0.05, 0) is 55.3 Å². The number of halogens is 1. The Bertz CT molecular complexity index is 776. The topological polar surface area (TPSA) is 39.2 Å². The minimum Gasteiger partial charge on any atom is -0.459 e. The molecule has 3 heteroatoms. The zero-order chi connectivity index (χ0) is 14.3. The second kappa shape index (κ2) is 4.97. The molecule has 3 aromatic rings. The van der Waals surface area contributed by atoms with Crippen LogP contribution in [0.3, 0.4) is 0 Å². The van der Waals surface area contributed by atoms with Gasteiger partial charge in [0.25, 0.3) is 0 Å². The Hall–Kier alpha value is -1.77. The first-order valence-corrected chi connectivity index (χ1v) is 6.94. The Morgan fingerprint density at radius 1 is 1.05 bits per heavy atom. The summed E-state index contributed by atoms with van der Waals surface area (Å²) in [4.78, 5) is 0. The van der Waals surface area contributed by atoms with Crippen LogP contribution in [0.2, 0.25) is 5.02 Å². The van der Waals surface area contributed by atoms with Gasteiger partial charge in [-0.2, -0.15) is 0 Å². The largest absolute Gasteiger partial charge is 0.459 e. The van der Waals surface area contributed by atoms with Gasteiger partial charge >= 0.3 is 0 Å². The van der Waals surface area contributed by atoms with Crippen LogP contribution in [0.1, 0.15) is 28.5 Å². The monoisotopic (exact) mass is 285 g/mol. The van der Waals surface area contributed by atoms with Crippen molar-refractivity contribution in [2.75, 3.05) is 0 Å². The summed E-state index contributed by atoms with van der Waals surface area (Å²) in [6.07, 6.45) is 0. The fourth-order valence-electron chi connectivity index (χ4n) is 2.44. The van der Waals surface area contributed by atoms with E-state index in [1.807, 2.05) is 43.3 Å². The van der Waals surface area contributed by atoms with Gasteiger partial charge in [0.15, 0.2) is 0 Å². The molecule has 2 N–H and O–H groups in total. The highest BCUT2D eigenvalue weighted by Gasteiger charge is 2.16. The number of hydrogen-bond acceptors (Lipinski definition) is 2. The van der Waals surface area contributed by atoms with Gasteiger partial charge in [-0.3, -0.25) is 0 Å². The van der Waals surface area contributed by atoms with Crippen LogP contribution in [-0.4, -0.2) is 0 Å². The standard InChI is InChI=1S/C17H16ClNO/c1-10-3-6-15-12(7-10)8-16(20-15)17(19)14-9-13(18)5-4-11(14)2/h3-9,17H,19H2,1-2H3. The number of fused-ring (bicyclic) bond motifs is 1. The second-order valence-electron chi connectivity index (χ2n) is 5.17. The number of rotatable bonds is 2. The highest BCUT2D eigenvalue weighted by Crippen LogP contribution is 2.30. The summed E-state index contributed by atoms with van der Waals surface area (Å²) < 4.78 is 5.87. The first-order chi connectivity index (χ1) is 9.54. The van der Waals surface area contributed by atoms with Crippen LogP contribution in [-0.2, 0) is 0 Å². The molecule has 2 nitrogen and oxygen atoms in total. The van der Waals surface area contributed by atoms with Crippen LogP contribution >= 0.6 is 11.6 Å². The Balaban J connectivity index is 2.07. The molecule has 0 amide bonds. The zero-order valence-corrected chi connectivity index (χ0v) is 12.2. The number of nitrogens with two attached hydrogens (primary N) is 1. The number of aryl methyl sites for hydroxylation is 2. The van der Waals surface area contributed by atoms with E-state index in [9.17, 15) is 0 Å². The summed E-state index contributed by atoms with van der Waals surface area (Å²) >= 11 is 6.06. The van der Waals surface area contributed by atoms with Crippen molar-refractivity contribution in [2.24, 2.45) is 5.73 Å². The molecule has 102 valence electrons. The fourth-order valence-corrected chi connectivity index (χ4v) is 2.62. The van der Waals surface area contributed by atoms with E-state index in [2.05, 4.69) is 13.0 Å². The minimum atomic E-state index is -0.304. The van der Waals surface area contributed by atoms with Gasteiger partial charge in [-0.25, -0.2) is 0 Å². The van der Waals surface area contributed by atoms with Crippen molar-refractivity contribution < 1.29 is 4.42 Å². The molecule has 0 aliphatic rings. The van der Waals surface area contributed by atoms with Crippen LogP contribution in [0.5, 0.6) is 0 Å². The lowest BCUT2D eigenvalue weighted by molar-refractivity contribution is 0.524. The third kappa shape index (κ3) is 2.33. The molecule has 0 saturated carbocycles. The predicted molar refractivity (Wildman–Crippen MR) is 83.2 cm³/mol. The molecule has 0 bridgehead atoms. The Morgan fingerprint density at radius 3 is 2.65 bits per heavy atom. The van der Waals surface area contributed by atoms with Crippen LogP contribution in [0.15, 0.2) is 46.9 Å². The van der Waals surface area contributed by atoms with E-state index in [1.54, 1.807) is 0 Å². The van der Waals surface area contributed by atoms with Crippen molar-refractivity contribution in [3.63, 3.8) is 0 Å². The molecule has 2 aromatic carbocycles. The maximum Gasteiger partial charge on any atom is 0.134 e. The van der Waals surface area contributed by atoms with Crippen molar-refractivity contribution in [1.29, 1.82) is 0 Å². The number of furan rings is 1. The molecular weight excluding hydrogens is 270 g/mol. The first-order valence-electron chi connectivity index (χ1n) is 6.56. The molecule has 0 aliphatic carbocycles. The van der Waals surface area contributed by atoms with E-state index in [4.69, 9.17) is 21.8 Å². The van der Waals surface area contributed by atoms with Crippen LogP contribution in [0.4, 0.5) is 0 Å². The average molecular weight is 286 g/mol. The van der Waals surface area contributed by atoms with Gasteiger partial charge in [0.1, 0.15) is 11.3 Å². The third-order valence-electron chi connectivity index (χ3n) is 3.57. The smallest absolute Gasteiger partial charge is 0.134 e. The molecule has 0 saturated heterocycles. The molecule has 1 aromatic heterocycles. The van der Waals surface area contributed by atoms with Crippen molar-refractivity contribution >= 4 is 22.6 Å². The number of benzene rings is 2. The molecule has 1 unspecified atom stereocenters. The van der Waals surface area contributed by atoms with E-state index >= 15 is 0 Å². The first kappa shape index (κ1) is 13.2. The molecule has 0 spiro atoms. The Morgan fingerprint density at radius 2 is 1.85 bits per heavy atom. The molecule has 0 radical (unpaired) electrons. The second-order valence-corrected chi connectivity index (χ2v) is 5.61. The van der Waals surface area contributed by atoms with Crippen molar-refractivity contribution in [3.05, 3.63) is 69.9 Å². The lowest BCUT2D eigenvalue weighted by atomic mass is 10.00. The SMILES string of the molecule is Cc1ccc2oc(C(N)c3cc(Cl)ccc3C)cc2c1. The van der Waals surface area contributed by atoms with Gasteiger partial charge in [0.05, 0.1) is 6.04 Å². The summed E-state index contributed by atoms with van der Waals surface area (Å²) in [6.45, 7) is 4.09. The summed E-state index contributed by atoms with van der Waals surface area (Å²) in [5, 5.41) is 1.77. The fraction of sp³-hybridized carbons (Fsp3) is 0.176. The van der Waals surface area contributed by atoms with Crippen molar-refractivity contribution in [3.8, 4) is 0 Å². The Labute approximate surface area is 123 Å². The molecule has 0 fully saturated rings. The van der Waals surface area contributed by atoms with Gasteiger partial charge in [0, 0.05) is 10.4 Å². The summed E-state index contributed by atoms with van der Waals surface area (Å²) in [5.41, 5.74) is 10.5. The molecular formula is C17H16ClNO. The molecule has 20 heavy (non-hydrogen) atoms. The minimum absolute atomic E-state index is 0.304. The van der Waals surface area contributed by atoms with Crippen LogP contribution in [0, 0.1) is 13.8 Å². The third-order valence-corrected chi connectivity index (χ3v) is 3.81. The maximum absolute atomic E-state index is 6.34. The van der Waals surface area contributed by atoms with E-state index < -0.39 is 0 Å². The lowest BCUT2D eigenvalue weighted by Crippen LogP contribution is -2.12. The Kier molecular flexibility index (Phi) is 3.28. The molecule has 3 rings (SSSR count). The molecule has 0 aliphatic heterocycles. The highest BCUT2D eigenvalue weighted by atomic mass is 35.5. The average Bonchev–Trinajstić information content (AvgIpc) is 2.83. The summed E-state index contributed by atoms with van der Waals surface area (Å²) in [6, 6.07) is 13.6. The van der Waals surface area contributed by atoms with E-state index in [-0.39, 0.29) is 6.04 Å². The van der Waals surface area contributed by atoms with Gasteiger partial charge < -0.3 is 10.2 Å². The van der Waals surface area contributed by atoms with Crippen molar-refractivity contribution in [2.45, 2.75) is 19.9 Å². The summed E-state index contributed by atoms with van der Waals surface area (Å²) in [7, 11) is 0. The van der Waals surface area contributed by atoms with Gasteiger partial charge in [0.2, 0.25) is 0 Å². The highest BCUT2D eigenvalue weighted by molar-refractivity contribution is 6.30. The van der Waals surface area contributed by atoms with E-state index in [0.29, 0.717) is 5.02 Å². The lowest BCUT2D eigenvalue weighted by Gasteiger charge is -2.12. The maximum atomic E-state index is 6.34. The van der Waals surface area contributed by atoms with Crippen molar-refractivity contribution in [1.82, 2.24) is 0 Å². The van der Waals surface area contributed by atoms with Crippen LogP contribution < -0.4 is 5.73 Å². The zero-order valence-electron chi connectivity index (χ0n) is 11.5. The van der Waals surface area contributed by atoms with Gasteiger partial charge in [-0.15, -0.1) is 0 Å². The summed E-state index contributed by atoms with van der Waals surface area (Å²) in [5.74, 6) is 0.760. The van der Waals surface area contributed by atoms with Gasteiger partial charge in [-0.1, -0.05) is 29.3 Å². The normalized spacial score (nSPS) is 12.8. The molecule has 1 atom stereocenters. The number of hydrogen-bond donors (Lipinski definition) is 1. The van der Waals surface area contributed by atoms with Crippen LogP contribution in [0.25, 0.3) is 11.0 Å².